The van der Waals surface area contributed by atoms with Crippen LogP contribution in [-0.4, -0.2) is 38.9 Å². The maximum absolute atomic E-state index is 11.3. The predicted molar refractivity (Wildman–Crippen MR) is 71.7 cm³/mol. The first-order valence-electron chi connectivity index (χ1n) is 6.54. The number of hydrogen-bond donors (Lipinski definition) is 1. The zero-order valence-corrected chi connectivity index (χ0v) is 11.7. The molecule has 20 heavy (non-hydrogen) atoms. The predicted octanol–water partition coefficient (Wildman–Crippen LogP) is 1.05. The first kappa shape index (κ1) is 14.3. The molecule has 8 nitrogen and oxygen atoms in total. The van der Waals surface area contributed by atoms with Crippen LogP contribution in [-0.2, 0) is 18.3 Å². The molecule has 2 atom stereocenters. The summed E-state index contributed by atoms with van der Waals surface area (Å²) < 4.78 is 1.48. The first-order valence-corrected chi connectivity index (χ1v) is 6.54. The van der Waals surface area contributed by atoms with Crippen LogP contribution in [0.2, 0.25) is 0 Å². The first-order chi connectivity index (χ1) is 9.36. The smallest absolute Gasteiger partial charge is 0.334 e. The average Bonchev–Trinajstić information content (AvgIpc) is 2.89. The Kier molecular flexibility index (Phi) is 3.65. The molecular weight excluding hydrogens is 264 g/mol. The fourth-order valence-corrected chi connectivity index (χ4v) is 2.80. The van der Waals surface area contributed by atoms with Crippen LogP contribution >= 0.6 is 0 Å². The molecule has 1 aliphatic heterocycles. The lowest BCUT2D eigenvalue weighted by atomic mass is 9.99. The van der Waals surface area contributed by atoms with Crippen LogP contribution in [0.25, 0.3) is 0 Å². The van der Waals surface area contributed by atoms with E-state index in [2.05, 4.69) is 5.10 Å². The van der Waals surface area contributed by atoms with Crippen LogP contribution in [0, 0.1) is 22.0 Å². The zero-order chi connectivity index (χ0) is 15.0. The third-order valence-corrected chi connectivity index (χ3v) is 3.81. The minimum absolute atomic E-state index is 0.00626. The minimum Gasteiger partial charge on any atom is -0.481 e. The maximum Gasteiger partial charge on any atom is 0.334 e. The van der Waals surface area contributed by atoms with E-state index in [4.69, 9.17) is 5.11 Å². The van der Waals surface area contributed by atoms with Gasteiger partial charge in [0.2, 0.25) is 5.82 Å². The molecule has 0 saturated carbocycles. The fourth-order valence-electron chi connectivity index (χ4n) is 2.80. The lowest BCUT2D eigenvalue weighted by molar-refractivity contribution is -0.384. The van der Waals surface area contributed by atoms with Gasteiger partial charge in [-0.3, -0.25) is 14.9 Å². The van der Waals surface area contributed by atoms with Crippen molar-refractivity contribution in [1.82, 2.24) is 9.78 Å². The van der Waals surface area contributed by atoms with E-state index in [-0.39, 0.29) is 18.2 Å². The second-order valence-electron chi connectivity index (χ2n) is 5.18. The standard InChI is InChI=1S/C12H18N4O4/c1-4-9-10(16(19)20)11(14(3)13-9)15-5-7(2)8(6-15)12(17)18/h7-8H,4-6H2,1-3H3,(H,17,18). The molecule has 0 bridgehead atoms. The van der Waals surface area contributed by atoms with E-state index in [9.17, 15) is 14.9 Å². The van der Waals surface area contributed by atoms with E-state index in [0.717, 1.165) is 0 Å². The SMILES string of the molecule is CCc1nn(C)c(N2CC(C)C(C(=O)O)C2)c1[N+](=O)[O-]. The molecule has 2 unspecified atom stereocenters. The molecule has 1 N–H and O–H groups in total. The van der Waals surface area contributed by atoms with Crippen molar-refractivity contribution in [3.05, 3.63) is 15.8 Å². The molecule has 0 radical (unpaired) electrons. The van der Waals surface area contributed by atoms with Gasteiger partial charge >= 0.3 is 11.7 Å². The molecule has 1 fully saturated rings. The second kappa shape index (κ2) is 5.10. The highest BCUT2D eigenvalue weighted by Crippen LogP contribution is 2.36. The molecule has 1 saturated heterocycles. The van der Waals surface area contributed by atoms with Gasteiger partial charge in [0.15, 0.2) is 0 Å². The average molecular weight is 282 g/mol. The van der Waals surface area contributed by atoms with E-state index < -0.39 is 16.8 Å². The molecule has 1 aromatic rings. The summed E-state index contributed by atoms with van der Waals surface area (Å²) in [5, 5.41) is 24.6. The number of carboxylic acids is 1. The molecule has 1 aliphatic rings. The third kappa shape index (κ3) is 2.21. The van der Waals surface area contributed by atoms with E-state index in [1.807, 2.05) is 13.8 Å². The number of aliphatic carboxylic acids is 1. The lowest BCUT2D eigenvalue weighted by Gasteiger charge is -2.17. The van der Waals surface area contributed by atoms with Crippen molar-refractivity contribution >= 4 is 17.5 Å². The lowest BCUT2D eigenvalue weighted by Crippen LogP contribution is -2.25. The van der Waals surface area contributed by atoms with Gasteiger partial charge in [0, 0.05) is 20.1 Å². The molecular formula is C12H18N4O4. The van der Waals surface area contributed by atoms with Gasteiger partial charge in [-0.1, -0.05) is 13.8 Å². The van der Waals surface area contributed by atoms with Crippen molar-refractivity contribution in [2.45, 2.75) is 20.3 Å². The van der Waals surface area contributed by atoms with Gasteiger partial charge in [-0.2, -0.15) is 5.10 Å². The van der Waals surface area contributed by atoms with Crippen LogP contribution in [0.4, 0.5) is 11.5 Å². The molecule has 0 amide bonds. The molecule has 8 heteroatoms. The molecule has 2 heterocycles. The molecule has 0 aliphatic carbocycles. The number of carboxylic acid groups (broad SMARTS) is 1. The van der Waals surface area contributed by atoms with Crippen molar-refractivity contribution in [3.63, 3.8) is 0 Å². The summed E-state index contributed by atoms with van der Waals surface area (Å²) >= 11 is 0. The van der Waals surface area contributed by atoms with Gasteiger partial charge in [-0.15, -0.1) is 0 Å². The summed E-state index contributed by atoms with van der Waals surface area (Å²) in [6.45, 7) is 4.42. The molecule has 0 aromatic carbocycles. The number of carbonyl (C=O) groups is 1. The Labute approximate surface area is 116 Å². The van der Waals surface area contributed by atoms with Crippen LogP contribution in [0.1, 0.15) is 19.5 Å². The highest BCUT2D eigenvalue weighted by molar-refractivity contribution is 5.73. The molecule has 0 spiro atoms. The Morgan fingerprint density at radius 3 is 2.65 bits per heavy atom. The Morgan fingerprint density at radius 2 is 2.20 bits per heavy atom. The van der Waals surface area contributed by atoms with Crippen LogP contribution in [0.15, 0.2) is 0 Å². The summed E-state index contributed by atoms with van der Waals surface area (Å²) in [5.41, 5.74) is 0.423. The topological polar surface area (TPSA) is 102 Å². The normalized spacial score (nSPS) is 22.2. The Morgan fingerprint density at radius 1 is 1.55 bits per heavy atom. The summed E-state index contributed by atoms with van der Waals surface area (Å²) in [7, 11) is 1.65. The van der Waals surface area contributed by atoms with Gasteiger partial charge in [0.25, 0.3) is 0 Å². The van der Waals surface area contributed by atoms with Crippen LogP contribution in [0.3, 0.4) is 0 Å². The number of rotatable bonds is 4. The van der Waals surface area contributed by atoms with Crippen LogP contribution < -0.4 is 4.90 Å². The maximum atomic E-state index is 11.3. The van der Waals surface area contributed by atoms with E-state index >= 15 is 0 Å². The number of nitro groups is 1. The Hall–Kier alpha value is -2.12. The number of hydrogen-bond acceptors (Lipinski definition) is 5. The molecule has 110 valence electrons. The van der Waals surface area contributed by atoms with E-state index in [1.54, 1.807) is 11.9 Å². The van der Waals surface area contributed by atoms with E-state index in [0.29, 0.717) is 24.5 Å². The van der Waals surface area contributed by atoms with Crippen molar-refractivity contribution in [3.8, 4) is 0 Å². The summed E-state index contributed by atoms with van der Waals surface area (Å²) in [5.74, 6) is -1.01. The monoisotopic (exact) mass is 282 g/mol. The summed E-state index contributed by atoms with van der Waals surface area (Å²) in [6, 6.07) is 0. The highest BCUT2D eigenvalue weighted by atomic mass is 16.6. The quantitative estimate of drug-likeness (QED) is 0.654. The third-order valence-electron chi connectivity index (χ3n) is 3.81. The largest absolute Gasteiger partial charge is 0.481 e. The molecule has 1 aromatic heterocycles. The Balaban J connectivity index is 2.41. The van der Waals surface area contributed by atoms with E-state index in [1.165, 1.54) is 4.68 Å². The van der Waals surface area contributed by atoms with Gasteiger partial charge < -0.3 is 10.0 Å². The van der Waals surface area contributed by atoms with Crippen molar-refractivity contribution in [2.24, 2.45) is 18.9 Å². The second-order valence-corrected chi connectivity index (χ2v) is 5.18. The van der Waals surface area contributed by atoms with Crippen molar-refractivity contribution < 1.29 is 14.8 Å². The van der Waals surface area contributed by atoms with Gasteiger partial charge in [-0.25, -0.2) is 4.68 Å². The molecule has 2 rings (SSSR count). The number of aromatic nitrogens is 2. The van der Waals surface area contributed by atoms with Crippen molar-refractivity contribution in [1.29, 1.82) is 0 Å². The Bertz CT molecular complexity index is 554. The van der Waals surface area contributed by atoms with Gasteiger partial charge in [0.1, 0.15) is 5.69 Å². The van der Waals surface area contributed by atoms with Gasteiger partial charge in [-0.05, 0) is 12.3 Å². The summed E-state index contributed by atoms with van der Waals surface area (Å²) in [6.07, 6.45) is 0.468. The number of aryl methyl sites for hydroxylation is 2. The number of anilines is 1. The van der Waals surface area contributed by atoms with Gasteiger partial charge in [0.05, 0.1) is 10.8 Å². The number of nitrogens with zero attached hydrogens (tertiary/aromatic N) is 4. The zero-order valence-electron chi connectivity index (χ0n) is 11.7. The fraction of sp³-hybridized carbons (Fsp3) is 0.667. The minimum atomic E-state index is -0.861. The summed E-state index contributed by atoms with van der Waals surface area (Å²) in [4.78, 5) is 23.8. The van der Waals surface area contributed by atoms with Crippen molar-refractivity contribution in [2.75, 3.05) is 18.0 Å². The van der Waals surface area contributed by atoms with Crippen LogP contribution in [0.5, 0.6) is 0 Å². The highest BCUT2D eigenvalue weighted by Gasteiger charge is 2.39.